The van der Waals surface area contributed by atoms with Crippen LogP contribution in [0.1, 0.15) is 36.8 Å². The lowest BCUT2D eigenvalue weighted by Gasteiger charge is -2.17. The number of aromatic nitrogens is 1. The summed E-state index contributed by atoms with van der Waals surface area (Å²) in [4.78, 5) is 15.0. The van der Waals surface area contributed by atoms with E-state index in [-0.39, 0.29) is 5.41 Å². The standard InChI is InChI=1S/C11H16N2O/c1-11(2,3)6-9-5-4-8(7-13-9)10(12)14/h4-5,7H,6H2,1-3H3,(H2,12,14). The SMILES string of the molecule is CC(C)(C)Cc1ccc(C(N)=O)cn1. The third kappa shape index (κ3) is 3.17. The number of carbonyl (C=O) groups excluding carboxylic acids is 1. The van der Waals surface area contributed by atoms with Crippen LogP contribution in [0.4, 0.5) is 0 Å². The highest BCUT2D eigenvalue weighted by Crippen LogP contribution is 2.18. The van der Waals surface area contributed by atoms with Crippen molar-refractivity contribution in [2.24, 2.45) is 11.1 Å². The Kier molecular flexibility index (Phi) is 2.89. The Bertz CT molecular complexity index is 322. The van der Waals surface area contributed by atoms with Crippen molar-refractivity contribution < 1.29 is 4.79 Å². The molecular weight excluding hydrogens is 176 g/mol. The number of hydrogen-bond donors (Lipinski definition) is 1. The van der Waals surface area contributed by atoms with Gasteiger partial charge < -0.3 is 5.73 Å². The number of nitrogens with two attached hydrogens (primary N) is 1. The van der Waals surface area contributed by atoms with E-state index in [1.165, 1.54) is 6.20 Å². The predicted molar refractivity (Wildman–Crippen MR) is 55.9 cm³/mol. The number of amides is 1. The van der Waals surface area contributed by atoms with E-state index in [9.17, 15) is 4.79 Å². The van der Waals surface area contributed by atoms with Crippen LogP contribution in [0.15, 0.2) is 18.3 Å². The van der Waals surface area contributed by atoms with Gasteiger partial charge in [-0.1, -0.05) is 20.8 Å². The summed E-state index contributed by atoms with van der Waals surface area (Å²) in [5, 5.41) is 0. The molecular formula is C11H16N2O. The summed E-state index contributed by atoms with van der Waals surface area (Å²) in [7, 11) is 0. The molecule has 0 aromatic carbocycles. The van der Waals surface area contributed by atoms with Crippen molar-refractivity contribution in [3.05, 3.63) is 29.6 Å². The summed E-state index contributed by atoms with van der Waals surface area (Å²) < 4.78 is 0. The molecule has 3 heteroatoms. The van der Waals surface area contributed by atoms with E-state index in [0.29, 0.717) is 5.56 Å². The molecule has 0 aliphatic rings. The van der Waals surface area contributed by atoms with E-state index < -0.39 is 5.91 Å². The quantitative estimate of drug-likeness (QED) is 0.776. The maximum Gasteiger partial charge on any atom is 0.250 e. The maximum absolute atomic E-state index is 10.8. The van der Waals surface area contributed by atoms with Crippen molar-refractivity contribution in [1.29, 1.82) is 0 Å². The zero-order chi connectivity index (χ0) is 10.8. The topological polar surface area (TPSA) is 56.0 Å². The number of hydrogen-bond acceptors (Lipinski definition) is 2. The van der Waals surface area contributed by atoms with Crippen LogP contribution in [-0.4, -0.2) is 10.9 Å². The van der Waals surface area contributed by atoms with Crippen LogP contribution in [0.2, 0.25) is 0 Å². The summed E-state index contributed by atoms with van der Waals surface area (Å²) in [5.74, 6) is -0.431. The van der Waals surface area contributed by atoms with Gasteiger partial charge in [-0.2, -0.15) is 0 Å². The average Bonchev–Trinajstić information content (AvgIpc) is 2.02. The van der Waals surface area contributed by atoms with Crippen molar-refractivity contribution in [2.45, 2.75) is 27.2 Å². The molecule has 2 N–H and O–H groups in total. The largest absolute Gasteiger partial charge is 0.366 e. The number of primary amides is 1. The fraction of sp³-hybridized carbons (Fsp3) is 0.455. The van der Waals surface area contributed by atoms with E-state index in [1.54, 1.807) is 6.07 Å². The van der Waals surface area contributed by atoms with Gasteiger partial charge in [-0.3, -0.25) is 9.78 Å². The highest BCUT2D eigenvalue weighted by molar-refractivity contribution is 5.92. The first kappa shape index (κ1) is 10.7. The second-order valence-electron chi connectivity index (χ2n) is 4.64. The third-order valence-electron chi connectivity index (χ3n) is 1.82. The molecule has 0 fully saturated rings. The van der Waals surface area contributed by atoms with Gasteiger partial charge in [-0.25, -0.2) is 0 Å². The van der Waals surface area contributed by atoms with Gasteiger partial charge in [-0.05, 0) is 24.0 Å². The molecule has 14 heavy (non-hydrogen) atoms. The summed E-state index contributed by atoms with van der Waals surface area (Å²) in [5.41, 5.74) is 6.77. The molecule has 0 aliphatic carbocycles. The molecule has 1 rings (SSSR count). The van der Waals surface area contributed by atoms with Crippen molar-refractivity contribution >= 4 is 5.91 Å². The van der Waals surface area contributed by atoms with Crippen molar-refractivity contribution in [2.75, 3.05) is 0 Å². The zero-order valence-corrected chi connectivity index (χ0v) is 8.87. The first-order valence-corrected chi connectivity index (χ1v) is 4.63. The van der Waals surface area contributed by atoms with Crippen molar-refractivity contribution in [3.8, 4) is 0 Å². The molecule has 0 bridgehead atoms. The molecule has 0 saturated carbocycles. The molecule has 0 saturated heterocycles. The summed E-state index contributed by atoms with van der Waals surface area (Å²) in [6.45, 7) is 6.45. The lowest BCUT2D eigenvalue weighted by Crippen LogP contribution is -2.13. The minimum atomic E-state index is -0.431. The molecule has 0 radical (unpaired) electrons. The van der Waals surface area contributed by atoms with E-state index in [1.807, 2.05) is 6.07 Å². The number of rotatable bonds is 2. The molecule has 3 nitrogen and oxygen atoms in total. The molecule has 0 aliphatic heterocycles. The van der Waals surface area contributed by atoms with E-state index in [0.717, 1.165) is 12.1 Å². The van der Waals surface area contributed by atoms with Gasteiger partial charge in [0.1, 0.15) is 0 Å². The van der Waals surface area contributed by atoms with Crippen LogP contribution in [0.5, 0.6) is 0 Å². The lowest BCUT2D eigenvalue weighted by atomic mass is 9.90. The van der Waals surface area contributed by atoms with Crippen LogP contribution in [0, 0.1) is 5.41 Å². The van der Waals surface area contributed by atoms with E-state index in [2.05, 4.69) is 25.8 Å². The van der Waals surface area contributed by atoms with Crippen molar-refractivity contribution in [1.82, 2.24) is 4.98 Å². The fourth-order valence-corrected chi connectivity index (χ4v) is 1.22. The molecule has 1 aromatic heterocycles. The molecule has 76 valence electrons. The highest BCUT2D eigenvalue weighted by Gasteiger charge is 2.12. The normalized spacial score (nSPS) is 11.4. The number of pyridine rings is 1. The van der Waals surface area contributed by atoms with Crippen LogP contribution in [0.3, 0.4) is 0 Å². The van der Waals surface area contributed by atoms with Crippen LogP contribution in [0.25, 0.3) is 0 Å². The lowest BCUT2D eigenvalue weighted by molar-refractivity contribution is 0.1000. The Morgan fingerprint density at radius 3 is 2.43 bits per heavy atom. The third-order valence-corrected chi connectivity index (χ3v) is 1.82. The average molecular weight is 192 g/mol. The molecule has 0 spiro atoms. The second-order valence-corrected chi connectivity index (χ2v) is 4.64. The molecule has 1 aromatic rings. The summed E-state index contributed by atoms with van der Waals surface area (Å²) in [6.07, 6.45) is 2.43. The van der Waals surface area contributed by atoms with E-state index in [4.69, 9.17) is 5.73 Å². The van der Waals surface area contributed by atoms with Gasteiger partial charge in [0.15, 0.2) is 0 Å². The monoisotopic (exact) mass is 192 g/mol. The Morgan fingerprint density at radius 1 is 1.43 bits per heavy atom. The smallest absolute Gasteiger partial charge is 0.250 e. The van der Waals surface area contributed by atoms with Crippen LogP contribution >= 0.6 is 0 Å². The number of nitrogens with zero attached hydrogens (tertiary/aromatic N) is 1. The first-order valence-electron chi connectivity index (χ1n) is 4.63. The van der Waals surface area contributed by atoms with E-state index >= 15 is 0 Å². The minimum absolute atomic E-state index is 0.210. The minimum Gasteiger partial charge on any atom is -0.366 e. The Labute approximate surface area is 84.3 Å². The molecule has 0 unspecified atom stereocenters. The maximum atomic E-state index is 10.8. The van der Waals surface area contributed by atoms with Crippen molar-refractivity contribution in [3.63, 3.8) is 0 Å². The molecule has 1 heterocycles. The summed E-state index contributed by atoms with van der Waals surface area (Å²) in [6, 6.07) is 3.57. The predicted octanol–water partition coefficient (Wildman–Crippen LogP) is 1.77. The van der Waals surface area contributed by atoms with Crippen LogP contribution in [-0.2, 0) is 6.42 Å². The van der Waals surface area contributed by atoms with Gasteiger partial charge >= 0.3 is 0 Å². The van der Waals surface area contributed by atoms with Gasteiger partial charge in [-0.15, -0.1) is 0 Å². The molecule has 0 atom stereocenters. The Balaban J connectivity index is 2.79. The summed E-state index contributed by atoms with van der Waals surface area (Å²) >= 11 is 0. The van der Waals surface area contributed by atoms with Gasteiger partial charge in [0, 0.05) is 11.9 Å². The molecule has 1 amide bonds. The van der Waals surface area contributed by atoms with Gasteiger partial charge in [0.05, 0.1) is 5.56 Å². The Morgan fingerprint density at radius 2 is 2.07 bits per heavy atom. The number of carbonyl (C=O) groups is 1. The first-order chi connectivity index (χ1) is 6.38. The van der Waals surface area contributed by atoms with Gasteiger partial charge in [0.2, 0.25) is 5.91 Å². The van der Waals surface area contributed by atoms with Crippen LogP contribution < -0.4 is 5.73 Å². The fourth-order valence-electron chi connectivity index (χ4n) is 1.22. The van der Waals surface area contributed by atoms with Gasteiger partial charge in [0.25, 0.3) is 0 Å². The zero-order valence-electron chi connectivity index (χ0n) is 8.87. The Hall–Kier alpha value is -1.38. The second kappa shape index (κ2) is 3.78. The highest BCUT2D eigenvalue weighted by atomic mass is 16.1.